The molecule has 2 aromatic carbocycles. The normalized spacial score (nSPS) is 15.8. The molecular formula is C19H20N4O4S. The zero-order chi connectivity index (χ0) is 19.9. The van der Waals surface area contributed by atoms with Crippen molar-refractivity contribution < 1.29 is 13.3 Å². The Kier molecular flexibility index (Phi) is 4.56. The summed E-state index contributed by atoms with van der Waals surface area (Å²) < 4.78 is 28.2. The second-order valence-corrected chi connectivity index (χ2v) is 8.61. The van der Waals surface area contributed by atoms with E-state index in [1.807, 2.05) is 7.05 Å². The first kappa shape index (κ1) is 18.5. The van der Waals surface area contributed by atoms with Gasteiger partial charge in [0.25, 0.3) is 10.0 Å². The summed E-state index contributed by atoms with van der Waals surface area (Å²) in [6.07, 6.45) is 0. The minimum atomic E-state index is -4.01. The molecule has 8 nitrogen and oxygen atoms in total. The molecule has 0 spiro atoms. The summed E-state index contributed by atoms with van der Waals surface area (Å²) in [6.45, 7) is 2.42. The maximum absolute atomic E-state index is 13.5. The highest BCUT2D eigenvalue weighted by Crippen LogP contribution is 2.41. The van der Waals surface area contributed by atoms with Gasteiger partial charge in [-0.1, -0.05) is 30.3 Å². The van der Waals surface area contributed by atoms with Crippen LogP contribution in [0.1, 0.15) is 0 Å². The zero-order valence-electron chi connectivity index (χ0n) is 15.4. The first-order valence-electron chi connectivity index (χ1n) is 8.93. The van der Waals surface area contributed by atoms with E-state index in [1.54, 1.807) is 47.4 Å². The van der Waals surface area contributed by atoms with Crippen LogP contribution in [0, 0.1) is 10.1 Å². The van der Waals surface area contributed by atoms with Crippen LogP contribution < -0.4 is 4.90 Å². The minimum absolute atomic E-state index is 0.0982. The fourth-order valence-corrected chi connectivity index (χ4v) is 5.16. The molecule has 1 aliphatic rings. The first-order valence-corrected chi connectivity index (χ1v) is 10.4. The van der Waals surface area contributed by atoms with Gasteiger partial charge in [-0.25, -0.2) is 12.4 Å². The molecule has 0 bridgehead atoms. The van der Waals surface area contributed by atoms with Gasteiger partial charge in [0.1, 0.15) is 0 Å². The van der Waals surface area contributed by atoms with Crippen molar-refractivity contribution in [1.29, 1.82) is 0 Å². The number of fused-ring (bicyclic) bond motifs is 1. The number of anilines is 1. The summed E-state index contributed by atoms with van der Waals surface area (Å²) in [7, 11) is -2.04. The number of nitro groups is 1. The lowest BCUT2D eigenvalue weighted by Crippen LogP contribution is -2.45. The number of nitrogens with zero attached hydrogens (tertiary/aromatic N) is 4. The van der Waals surface area contributed by atoms with Crippen LogP contribution in [0.2, 0.25) is 0 Å². The number of rotatable bonds is 4. The van der Waals surface area contributed by atoms with Crippen LogP contribution in [0.5, 0.6) is 0 Å². The summed E-state index contributed by atoms with van der Waals surface area (Å²) in [5.74, 6) is 0.128. The predicted molar refractivity (Wildman–Crippen MR) is 107 cm³/mol. The van der Waals surface area contributed by atoms with E-state index in [9.17, 15) is 18.5 Å². The van der Waals surface area contributed by atoms with Crippen LogP contribution >= 0.6 is 0 Å². The Balaban J connectivity index is 2.05. The van der Waals surface area contributed by atoms with Crippen LogP contribution in [0.25, 0.3) is 10.9 Å². The standard InChI is InChI=1S/C19H20N4O4S/c1-20-11-13-21(14-12-20)19-18(23(24)25)16-9-5-6-10-17(16)22(19)28(26,27)15-7-3-2-4-8-15/h2-10H,11-14H2,1H3. The maximum Gasteiger partial charge on any atom is 0.320 e. The van der Waals surface area contributed by atoms with Gasteiger partial charge in [-0.2, -0.15) is 0 Å². The molecule has 0 N–H and O–H groups in total. The Morgan fingerprint density at radius 1 is 0.929 bits per heavy atom. The summed E-state index contributed by atoms with van der Waals surface area (Å²) in [4.78, 5) is 15.5. The first-order chi connectivity index (χ1) is 13.4. The van der Waals surface area contributed by atoms with Gasteiger partial charge in [0.15, 0.2) is 0 Å². The van der Waals surface area contributed by atoms with Crippen LogP contribution in [0.4, 0.5) is 11.5 Å². The molecule has 9 heteroatoms. The molecule has 0 unspecified atom stereocenters. The number of hydrogen-bond donors (Lipinski definition) is 0. The van der Waals surface area contributed by atoms with E-state index in [0.717, 1.165) is 3.97 Å². The Bertz CT molecular complexity index is 1130. The summed E-state index contributed by atoms with van der Waals surface area (Å²) in [5, 5.41) is 12.3. The topological polar surface area (TPSA) is 88.7 Å². The Labute approximate surface area is 162 Å². The Hall–Kier alpha value is -2.91. The zero-order valence-corrected chi connectivity index (χ0v) is 16.2. The third-order valence-electron chi connectivity index (χ3n) is 5.05. The molecule has 2 heterocycles. The molecule has 0 saturated carbocycles. The molecule has 0 aliphatic carbocycles. The van der Waals surface area contributed by atoms with Crippen molar-refractivity contribution in [2.24, 2.45) is 0 Å². The molecule has 0 amide bonds. The predicted octanol–water partition coefficient (Wildman–Crippen LogP) is 2.54. The Morgan fingerprint density at radius 2 is 1.54 bits per heavy atom. The van der Waals surface area contributed by atoms with E-state index >= 15 is 0 Å². The lowest BCUT2D eigenvalue weighted by atomic mass is 10.2. The van der Waals surface area contributed by atoms with E-state index in [4.69, 9.17) is 0 Å². The summed E-state index contributed by atoms with van der Waals surface area (Å²) in [6, 6.07) is 14.6. The number of benzene rings is 2. The second-order valence-electron chi connectivity index (χ2n) is 6.82. The highest BCUT2D eigenvalue weighted by molar-refractivity contribution is 7.90. The van der Waals surface area contributed by atoms with E-state index in [1.165, 1.54) is 12.1 Å². The highest BCUT2D eigenvalue weighted by atomic mass is 32.2. The average molecular weight is 400 g/mol. The fourth-order valence-electron chi connectivity index (χ4n) is 3.60. The number of aromatic nitrogens is 1. The van der Waals surface area contributed by atoms with Crippen LogP contribution in [0.15, 0.2) is 59.5 Å². The van der Waals surface area contributed by atoms with Crippen molar-refractivity contribution in [1.82, 2.24) is 8.87 Å². The lowest BCUT2D eigenvalue weighted by Gasteiger charge is -2.33. The quantitative estimate of drug-likeness (QED) is 0.494. The third-order valence-corrected chi connectivity index (χ3v) is 6.77. The van der Waals surface area contributed by atoms with Gasteiger partial charge in [0.2, 0.25) is 5.82 Å². The van der Waals surface area contributed by atoms with Crippen molar-refractivity contribution in [2.45, 2.75) is 4.90 Å². The highest BCUT2D eigenvalue weighted by Gasteiger charge is 2.36. The number of para-hydroxylation sites is 1. The van der Waals surface area contributed by atoms with Crippen molar-refractivity contribution >= 4 is 32.4 Å². The van der Waals surface area contributed by atoms with E-state index in [2.05, 4.69) is 4.90 Å². The van der Waals surface area contributed by atoms with Gasteiger partial charge in [-0.15, -0.1) is 0 Å². The maximum atomic E-state index is 13.5. The molecule has 4 rings (SSSR count). The van der Waals surface area contributed by atoms with Gasteiger partial charge in [0.05, 0.1) is 20.7 Å². The molecule has 0 atom stereocenters. The van der Waals surface area contributed by atoms with E-state index < -0.39 is 14.9 Å². The third kappa shape index (κ3) is 2.92. The smallest absolute Gasteiger partial charge is 0.320 e. The largest absolute Gasteiger partial charge is 0.349 e. The number of likely N-dealkylation sites (N-methyl/N-ethyl adjacent to an activating group) is 1. The summed E-state index contributed by atoms with van der Waals surface area (Å²) >= 11 is 0. The van der Waals surface area contributed by atoms with Gasteiger partial charge < -0.3 is 9.80 Å². The molecule has 1 aliphatic heterocycles. The van der Waals surface area contributed by atoms with Gasteiger partial charge >= 0.3 is 5.69 Å². The van der Waals surface area contributed by atoms with Crippen LogP contribution in [0.3, 0.4) is 0 Å². The van der Waals surface area contributed by atoms with Gasteiger partial charge in [-0.05, 0) is 31.3 Å². The molecule has 3 aromatic rings. The van der Waals surface area contributed by atoms with Crippen LogP contribution in [-0.4, -0.2) is 55.4 Å². The molecular weight excluding hydrogens is 380 g/mol. The average Bonchev–Trinajstić information content (AvgIpc) is 3.05. The van der Waals surface area contributed by atoms with Crippen molar-refractivity contribution in [2.75, 3.05) is 38.1 Å². The van der Waals surface area contributed by atoms with E-state index in [0.29, 0.717) is 37.1 Å². The van der Waals surface area contributed by atoms with Crippen molar-refractivity contribution in [3.63, 3.8) is 0 Å². The fraction of sp³-hybridized carbons (Fsp3) is 0.263. The number of piperazine rings is 1. The molecule has 146 valence electrons. The molecule has 1 fully saturated rings. The Morgan fingerprint density at radius 3 is 2.18 bits per heavy atom. The van der Waals surface area contributed by atoms with Crippen molar-refractivity contribution in [3.05, 3.63) is 64.7 Å². The van der Waals surface area contributed by atoms with Crippen LogP contribution in [-0.2, 0) is 10.0 Å². The van der Waals surface area contributed by atoms with E-state index in [-0.39, 0.29) is 16.4 Å². The van der Waals surface area contributed by atoms with Gasteiger partial charge in [-0.3, -0.25) is 10.1 Å². The van der Waals surface area contributed by atoms with Gasteiger partial charge in [0, 0.05) is 26.2 Å². The lowest BCUT2D eigenvalue weighted by molar-refractivity contribution is -0.382. The molecule has 28 heavy (non-hydrogen) atoms. The second kappa shape index (κ2) is 6.92. The summed E-state index contributed by atoms with van der Waals surface area (Å²) in [5.41, 5.74) is 0.145. The molecule has 1 saturated heterocycles. The minimum Gasteiger partial charge on any atom is -0.349 e. The monoisotopic (exact) mass is 400 g/mol. The SMILES string of the molecule is CN1CCN(c2c([N+](=O)[O-])c3ccccc3n2S(=O)(=O)c2ccccc2)CC1. The van der Waals surface area contributed by atoms with Crippen molar-refractivity contribution in [3.8, 4) is 0 Å². The number of hydrogen-bond acceptors (Lipinski definition) is 6. The molecule has 0 radical (unpaired) electrons. The molecule has 1 aromatic heterocycles.